The van der Waals surface area contributed by atoms with Crippen LogP contribution in [0.25, 0.3) is 0 Å². The Morgan fingerprint density at radius 1 is 1.19 bits per heavy atom. The lowest BCUT2D eigenvalue weighted by Gasteiger charge is -2.33. The summed E-state index contributed by atoms with van der Waals surface area (Å²) in [7, 11) is 0. The first kappa shape index (κ1) is 15.0. The van der Waals surface area contributed by atoms with E-state index in [9.17, 15) is 14.4 Å². The molecular formula is C15H18N2O4. The molecule has 112 valence electrons. The third-order valence-corrected chi connectivity index (χ3v) is 3.40. The number of hydrogen-bond acceptors (Lipinski definition) is 3. The van der Waals surface area contributed by atoms with Gasteiger partial charge in [-0.2, -0.15) is 0 Å². The molecule has 1 aromatic rings. The first-order chi connectivity index (χ1) is 10.0. The molecule has 1 fully saturated rings. The molecule has 1 heterocycles. The van der Waals surface area contributed by atoms with Crippen LogP contribution in [0.15, 0.2) is 24.3 Å². The molecule has 0 atom stereocenters. The average molecular weight is 290 g/mol. The van der Waals surface area contributed by atoms with Crippen molar-refractivity contribution in [1.29, 1.82) is 0 Å². The zero-order valence-corrected chi connectivity index (χ0v) is 11.9. The largest absolute Gasteiger partial charge is 0.478 e. The number of piperazine rings is 1. The van der Waals surface area contributed by atoms with Gasteiger partial charge in [0.15, 0.2) is 0 Å². The van der Waals surface area contributed by atoms with Crippen molar-refractivity contribution in [3.05, 3.63) is 35.4 Å². The number of carboxylic acid groups (broad SMARTS) is 1. The highest BCUT2D eigenvalue weighted by Gasteiger charge is 2.29. The monoisotopic (exact) mass is 290 g/mol. The van der Waals surface area contributed by atoms with E-state index in [4.69, 9.17) is 5.11 Å². The van der Waals surface area contributed by atoms with Crippen LogP contribution in [0.3, 0.4) is 0 Å². The van der Waals surface area contributed by atoms with E-state index in [1.807, 2.05) is 6.92 Å². The summed E-state index contributed by atoms with van der Waals surface area (Å²) in [6, 6.07) is 6.41. The van der Waals surface area contributed by atoms with Crippen molar-refractivity contribution in [2.45, 2.75) is 19.9 Å². The van der Waals surface area contributed by atoms with E-state index in [1.54, 1.807) is 17.0 Å². The van der Waals surface area contributed by atoms with Gasteiger partial charge in [0, 0.05) is 13.1 Å². The number of rotatable bonds is 5. The summed E-state index contributed by atoms with van der Waals surface area (Å²) in [6.07, 6.45) is 0.819. The molecule has 6 heteroatoms. The SMILES string of the molecule is CCCN1CC(=O)N(Cc2cccc(C(=O)O)c2)CC1=O. The molecular weight excluding hydrogens is 272 g/mol. The van der Waals surface area contributed by atoms with Gasteiger partial charge in [-0.25, -0.2) is 4.79 Å². The van der Waals surface area contributed by atoms with Gasteiger partial charge >= 0.3 is 5.97 Å². The van der Waals surface area contributed by atoms with Gasteiger partial charge in [0.25, 0.3) is 0 Å². The second kappa shape index (κ2) is 6.39. The Labute approximate surface area is 123 Å². The fraction of sp³-hybridized carbons (Fsp3) is 0.400. The molecule has 1 N–H and O–H groups in total. The fourth-order valence-electron chi connectivity index (χ4n) is 2.34. The minimum atomic E-state index is -1.01. The predicted octanol–water partition coefficient (Wildman–Crippen LogP) is 0.966. The molecule has 1 aromatic carbocycles. The summed E-state index contributed by atoms with van der Waals surface area (Å²) < 4.78 is 0. The molecule has 0 aliphatic carbocycles. The molecule has 2 rings (SSSR count). The predicted molar refractivity (Wildman–Crippen MR) is 75.7 cm³/mol. The van der Waals surface area contributed by atoms with Crippen LogP contribution in [-0.4, -0.2) is 52.3 Å². The van der Waals surface area contributed by atoms with Gasteiger partial charge in [0.05, 0.1) is 12.1 Å². The summed E-state index contributed by atoms with van der Waals surface area (Å²) in [5.74, 6) is -1.18. The highest BCUT2D eigenvalue weighted by Crippen LogP contribution is 2.12. The van der Waals surface area contributed by atoms with E-state index >= 15 is 0 Å². The highest BCUT2D eigenvalue weighted by molar-refractivity contribution is 5.92. The van der Waals surface area contributed by atoms with E-state index < -0.39 is 5.97 Å². The third kappa shape index (κ3) is 3.59. The van der Waals surface area contributed by atoms with E-state index in [0.29, 0.717) is 12.1 Å². The molecule has 1 saturated heterocycles. The second-order valence-electron chi connectivity index (χ2n) is 5.07. The molecule has 1 aliphatic heterocycles. The fourth-order valence-corrected chi connectivity index (χ4v) is 2.34. The van der Waals surface area contributed by atoms with Crippen molar-refractivity contribution in [3.8, 4) is 0 Å². The molecule has 2 amide bonds. The van der Waals surface area contributed by atoms with Crippen LogP contribution in [0.1, 0.15) is 29.3 Å². The smallest absolute Gasteiger partial charge is 0.335 e. The average Bonchev–Trinajstić information content (AvgIpc) is 2.45. The van der Waals surface area contributed by atoms with E-state index in [1.165, 1.54) is 17.0 Å². The topological polar surface area (TPSA) is 77.9 Å². The Morgan fingerprint density at radius 3 is 2.52 bits per heavy atom. The number of carbonyl (C=O) groups excluding carboxylic acids is 2. The number of nitrogens with zero attached hydrogens (tertiary/aromatic N) is 2. The first-order valence-electron chi connectivity index (χ1n) is 6.89. The second-order valence-corrected chi connectivity index (χ2v) is 5.07. The maximum Gasteiger partial charge on any atom is 0.335 e. The number of carboxylic acids is 1. The summed E-state index contributed by atoms with van der Waals surface area (Å²) in [5, 5.41) is 8.96. The lowest BCUT2D eigenvalue weighted by Crippen LogP contribution is -2.53. The summed E-state index contributed by atoms with van der Waals surface area (Å²) in [5.41, 5.74) is 0.885. The Balaban J connectivity index is 2.06. The molecule has 0 spiro atoms. The molecule has 0 radical (unpaired) electrons. The van der Waals surface area contributed by atoms with Gasteiger partial charge in [-0.05, 0) is 24.1 Å². The van der Waals surface area contributed by atoms with Crippen LogP contribution in [0.5, 0.6) is 0 Å². The van der Waals surface area contributed by atoms with Gasteiger partial charge < -0.3 is 14.9 Å². The van der Waals surface area contributed by atoms with Gasteiger partial charge in [0.2, 0.25) is 11.8 Å². The zero-order chi connectivity index (χ0) is 15.4. The van der Waals surface area contributed by atoms with Gasteiger partial charge in [-0.1, -0.05) is 19.1 Å². The lowest BCUT2D eigenvalue weighted by molar-refractivity contribution is -0.150. The van der Waals surface area contributed by atoms with Gasteiger partial charge in [-0.3, -0.25) is 9.59 Å². The maximum atomic E-state index is 12.1. The van der Waals surface area contributed by atoms with Crippen molar-refractivity contribution < 1.29 is 19.5 Å². The summed E-state index contributed by atoms with van der Waals surface area (Å²) in [6.45, 7) is 2.96. The van der Waals surface area contributed by atoms with Crippen molar-refractivity contribution in [2.75, 3.05) is 19.6 Å². The molecule has 0 bridgehead atoms. The number of benzene rings is 1. The number of amides is 2. The highest BCUT2D eigenvalue weighted by atomic mass is 16.4. The van der Waals surface area contributed by atoms with E-state index in [-0.39, 0.29) is 37.0 Å². The number of aromatic carboxylic acids is 1. The molecule has 0 saturated carbocycles. The van der Waals surface area contributed by atoms with Crippen LogP contribution in [0.4, 0.5) is 0 Å². The molecule has 0 aromatic heterocycles. The van der Waals surface area contributed by atoms with Crippen LogP contribution in [0.2, 0.25) is 0 Å². The van der Waals surface area contributed by atoms with Crippen molar-refractivity contribution in [3.63, 3.8) is 0 Å². The zero-order valence-electron chi connectivity index (χ0n) is 11.9. The summed E-state index contributed by atoms with van der Waals surface area (Å²) in [4.78, 5) is 38.0. The third-order valence-electron chi connectivity index (χ3n) is 3.40. The minimum absolute atomic E-state index is 0.0517. The molecule has 6 nitrogen and oxygen atoms in total. The van der Waals surface area contributed by atoms with E-state index in [2.05, 4.69) is 0 Å². The first-order valence-corrected chi connectivity index (χ1v) is 6.89. The van der Waals surface area contributed by atoms with Crippen molar-refractivity contribution in [1.82, 2.24) is 9.80 Å². The molecule has 0 unspecified atom stereocenters. The molecule has 21 heavy (non-hydrogen) atoms. The quantitative estimate of drug-likeness (QED) is 0.876. The standard InChI is InChI=1S/C15H18N2O4/c1-2-6-16-9-14(19)17(10-13(16)18)8-11-4-3-5-12(7-11)15(20)21/h3-5,7H,2,6,8-10H2,1H3,(H,20,21). The van der Waals surface area contributed by atoms with Crippen LogP contribution >= 0.6 is 0 Å². The lowest BCUT2D eigenvalue weighted by atomic mass is 10.1. The Morgan fingerprint density at radius 2 is 1.86 bits per heavy atom. The Kier molecular flexibility index (Phi) is 4.57. The molecule has 1 aliphatic rings. The minimum Gasteiger partial charge on any atom is -0.478 e. The van der Waals surface area contributed by atoms with Crippen molar-refractivity contribution >= 4 is 17.8 Å². The van der Waals surface area contributed by atoms with Crippen LogP contribution in [0, 0.1) is 0 Å². The Bertz CT molecular complexity index is 571. The van der Waals surface area contributed by atoms with Crippen LogP contribution < -0.4 is 0 Å². The van der Waals surface area contributed by atoms with Gasteiger partial charge in [-0.15, -0.1) is 0 Å². The number of carbonyl (C=O) groups is 3. The summed E-state index contributed by atoms with van der Waals surface area (Å²) >= 11 is 0. The Hall–Kier alpha value is -2.37. The van der Waals surface area contributed by atoms with Crippen LogP contribution in [-0.2, 0) is 16.1 Å². The number of hydrogen-bond donors (Lipinski definition) is 1. The van der Waals surface area contributed by atoms with E-state index in [0.717, 1.165) is 6.42 Å². The normalized spacial score (nSPS) is 15.5. The maximum absolute atomic E-state index is 12.1. The van der Waals surface area contributed by atoms with Crippen molar-refractivity contribution in [2.24, 2.45) is 0 Å². The van der Waals surface area contributed by atoms with Gasteiger partial charge in [0.1, 0.15) is 6.54 Å².